The summed E-state index contributed by atoms with van der Waals surface area (Å²) in [5, 5.41) is 0. The monoisotopic (exact) mass is 283 g/mol. The molecule has 1 fully saturated rings. The van der Waals surface area contributed by atoms with Crippen molar-refractivity contribution in [2.24, 2.45) is 0 Å². The van der Waals surface area contributed by atoms with Crippen LogP contribution in [0.3, 0.4) is 0 Å². The lowest BCUT2D eigenvalue weighted by atomic mass is 9.89. The normalized spacial score (nSPS) is 16.0. The standard InChI is InChI=1S/C16H21N5/c1-2-11-9-6-10-18-13(11)15-19-14(20-16(17)21-15)12-7-4-3-5-8-12/h6,9-10,12H,2-5,7-8H2,1H3,(H2,17,19,20,21). The molecular weight excluding hydrogens is 262 g/mol. The number of aromatic nitrogens is 4. The molecule has 2 N–H and O–H groups in total. The summed E-state index contributed by atoms with van der Waals surface area (Å²) in [4.78, 5) is 17.8. The van der Waals surface area contributed by atoms with Crippen molar-refractivity contribution in [3.8, 4) is 11.5 Å². The second kappa shape index (κ2) is 6.16. The fourth-order valence-electron chi connectivity index (χ4n) is 2.98. The van der Waals surface area contributed by atoms with Gasteiger partial charge in [-0.1, -0.05) is 32.3 Å². The highest BCUT2D eigenvalue weighted by Gasteiger charge is 2.20. The number of aryl methyl sites for hydroxylation is 1. The maximum atomic E-state index is 5.90. The molecule has 0 amide bonds. The van der Waals surface area contributed by atoms with Gasteiger partial charge in [-0.05, 0) is 30.9 Å². The van der Waals surface area contributed by atoms with Gasteiger partial charge in [-0.2, -0.15) is 9.97 Å². The molecule has 0 unspecified atom stereocenters. The van der Waals surface area contributed by atoms with Gasteiger partial charge in [-0.25, -0.2) is 4.98 Å². The van der Waals surface area contributed by atoms with Gasteiger partial charge in [0.2, 0.25) is 5.95 Å². The van der Waals surface area contributed by atoms with Crippen LogP contribution in [0.4, 0.5) is 5.95 Å². The minimum absolute atomic E-state index is 0.299. The second-order valence-electron chi connectivity index (χ2n) is 5.58. The molecule has 0 bridgehead atoms. The highest BCUT2D eigenvalue weighted by Crippen LogP contribution is 2.31. The van der Waals surface area contributed by atoms with Crippen molar-refractivity contribution in [1.29, 1.82) is 0 Å². The van der Waals surface area contributed by atoms with Gasteiger partial charge in [-0.3, -0.25) is 4.98 Å². The van der Waals surface area contributed by atoms with E-state index in [0.717, 1.165) is 36.3 Å². The van der Waals surface area contributed by atoms with Crippen LogP contribution in [0.1, 0.15) is 56.3 Å². The summed E-state index contributed by atoms with van der Waals surface area (Å²) in [6.07, 6.45) is 8.76. The van der Waals surface area contributed by atoms with Gasteiger partial charge in [0.1, 0.15) is 11.5 Å². The summed E-state index contributed by atoms with van der Waals surface area (Å²) in [6, 6.07) is 4.00. The summed E-state index contributed by atoms with van der Waals surface area (Å²) in [7, 11) is 0. The number of hydrogen-bond donors (Lipinski definition) is 1. The number of hydrogen-bond acceptors (Lipinski definition) is 5. The molecule has 1 aliphatic carbocycles. The molecule has 21 heavy (non-hydrogen) atoms. The predicted octanol–water partition coefficient (Wildman–Crippen LogP) is 3.13. The van der Waals surface area contributed by atoms with Crippen LogP contribution in [0.15, 0.2) is 18.3 Å². The van der Waals surface area contributed by atoms with Crippen molar-refractivity contribution < 1.29 is 0 Å². The minimum Gasteiger partial charge on any atom is -0.368 e. The largest absolute Gasteiger partial charge is 0.368 e. The molecule has 1 saturated carbocycles. The molecule has 0 radical (unpaired) electrons. The van der Waals surface area contributed by atoms with E-state index in [2.05, 4.69) is 32.9 Å². The summed E-state index contributed by atoms with van der Waals surface area (Å²) in [5.74, 6) is 2.16. The van der Waals surface area contributed by atoms with Crippen LogP contribution in [0, 0.1) is 0 Å². The Kier molecular flexibility index (Phi) is 4.08. The third-order valence-electron chi connectivity index (χ3n) is 4.12. The highest BCUT2D eigenvalue weighted by molar-refractivity contribution is 5.55. The molecule has 2 aromatic heterocycles. The number of anilines is 1. The van der Waals surface area contributed by atoms with Crippen molar-refractivity contribution in [3.05, 3.63) is 29.7 Å². The summed E-state index contributed by atoms with van der Waals surface area (Å²) in [5.41, 5.74) is 7.87. The highest BCUT2D eigenvalue weighted by atomic mass is 15.1. The van der Waals surface area contributed by atoms with Crippen LogP contribution >= 0.6 is 0 Å². The number of nitrogens with zero attached hydrogens (tertiary/aromatic N) is 4. The van der Waals surface area contributed by atoms with E-state index in [9.17, 15) is 0 Å². The zero-order valence-corrected chi connectivity index (χ0v) is 12.4. The average Bonchev–Trinajstić information content (AvgIpc) is 2.55. The Morgan fingerprint density at radius 1 is 1.14 bits per heavy atom. The molecule has 0 aromatic carbocycles. The van der Waals surface area contributed by atoms with E-state index in [4.69, 9.17) is 5.73 Å². The molecule has 2 heterocycles. The minimum atomic E-state index is 0.299. The first-order valence-electron chi connectivity index (χ1n) is 7.73. The molecule has 5 heteroatoms. The molecule has 2 aromatic rings. The van der Waals surface area contributed by atoms with E-state index in [-0.39, 0.29) is 0 Å². The van der Waals surface area contributed by atoms with E-state index in [0.29, 0.717) is 17.7 Å². The van der Waals surface area contributed by atoms with Crippen LogP contribution in [0.2, 0.25) is 0 Å². The van der Waals surface area contributed by atoms with Crippen molar-refractivity contribution in [2.45, 2.75) is 51.4 Å². The maximum absolute atomic E-state index is 5.90. The molecule has 0 saturated heterocycles. The van der Waals surface area contributed by atoms with E-state index in [1.165, 1.54) is 19.3 Å². The molecule has 5 nitrogen and oxygen atoms in total. The van der Waals surface area contributed by atoms with Gasteiger partial charge < -0.3 is 5.73 Å². The number of nitrogens with two attached hydrogens (primary N) is 1. The maximum Gasteiger partial charge on any atom is 0.223 e. The molecule has 0 aliphatic heterocycles. The van der Waals surface area contributed by atoms with Crippen molar-refractivity contribution in [3.63, 3.8) is 0 Å². The van der Waals surface area contributed by atoms with Crippen LogP contribution < -0.4 is 5.73 Å². The SMILES string of the molecule is CCc1cccnc1-c1nc(N)nc(C2CCCCC2)n1. The smallest absolute Gasteiger partial charge is 0.223 e. The first kappa shape index (κ1) is 13.9. The topological polar surface area (TPSA) is 77.6 Å². The van der Waals surface area contributed by atoms with E-state index in [1.807, 2.05) is 6.07 Å². The lowest BCUT2D eigenvalue weighted by Gasteiger charge is -2.20. The summed E-state index contributed by atoms with van der Waals surface area (Å²) in [6.45, 7) is 2.10. The van der Waals surface area contributed by atoms with Gasteiger partial charge in [0.15, 0.2) is 5.82 Å². The quantitative estimate of drug-likeness (QED) is 0.936. The van der Waals surface area contributed by atoms with Crippen LogP contribution in [0.5, 0.6) is 0 Å². The Balaban J connectivity index is 2.01. The van der Waals surface area contributed by atoms with E-state index in [1.54, 1.807) is 6.20 Å². The first-order chi connectivity index (χ1) is 10.3. The van der Waals surface area contributed by atoms with Gasteiger partial charge in [0.25, 0.3) is 0 Å². The Morgan fingerprint density at radius 2 is 1.95 bits per heavy atom. The zero-order valence-electron chi connectivity index (χ0n) is 12.4. The second-order valence-corrected chi connectivity index (χ2v) is 5.58. The molecule has 110 valence electrons. The lowest BCUT2D eigenvalue weighted by Crippen LogP contribution is -2.13. The van der Waals surface area contributed by atoms with Crippen molar-refractivity contribution >= 4 is 5.95 Å². The fourth-order valence-corrected chi connectivity index (χ4v) is 2.98. The van der Waals surface area contributed by atoms with Gasteiger partial charge in [0, 0.05) is 12.1 Å². The van der Waals surface area contributed by atoms with Crippen LogP contribution in [-0.4, -0.2) is 19.9 Å². The van der Waals surface area contributed by atoms with E-state index >= 15 is 0 Å². The summed E-state index contributed by atoms with van der Waals surface area (Å²) >= 11 is 0. The predicted molar refractivity (Wildman–Crippen MR) is 82.7 cm³/mol. The van der Waals surface area contributed by atoms with Gasteiger partial charge in [-0.15, -0.1) is 0 Å². The third kappa shape index (κ3) is 3.01. The number of nitrogen functional groups attached to an aromatic ring is 1. The van der Waals surface area contributed by atoms with Crippen LogP contribution in [-0.2, 0) is 6.42 Å². The Bertz CT molecular complexity index is 620. The molecule has 3 rings (SSSR count). The Labute approximate surface area is 125 Å². The van der Waals surface area contributed by atoms with Crippen LogP contribution in [0.25, 0.3) is 11.5 Å². The van der Waals surface area contributed by atoms with Crippen molar-refractivity contribution in [2.75, 3.05) is 5.73 Å². The third-order valence-corrected chi connectivity index (χ3v) is 4.12. The molecular formula is C16H21N5. The van der Waals surface area contributed by atoms with E-state index < -0.39 is 0 Å². The first-order valence-corrected chi connectivity index (χ1v) is 7.73. The molecule has 1 aliphatic rings. The molecule has 0 atom stereocenters. The number of pyridine rings is 1. The van der Waals surface area contributed by atoms with Gasteiger partial charge >= 0.3 is 0 Å². The molecule has 0 spiro atoms. The average molecular weight is 283 g/mol. The van der Waals surface area contributed by atoms with Gasteiger partial charge in [0.05, 0.1) is 0 Å². The Morgan fingerprint density at radius 3 is 2.71 bits per heavy atom. The zero-order chi connectivity index (χ0) is 14.7. The Hall–Kier alpha value is -2.04. The summed E-state index contributed by atoms with van der Waals surface area (Å²) < 4.78 is 0. The fraction of sp³-hybridized carbons (Fsp3) is 0.500. The number of rotatable bonds is 3. The van der Waals surface area contributed by atoms with Crippen molar-refractivity contribution in [1.82, 2.24) is 19.9 Å². The lowest BCUT2D eigenvalue weighted by molar-refractivity contribution is 0.428.